The van der Waals surface area contributed by atoms with Crippen LogP contribution < -0.4 is 0 Å². The van der Waals surface area contributed by atoms with E-state index in [-0.39, 0.29) is 11.1 Å². The Balaban J connectivity index is 3.67. The second-order valence-corrected chi connectivity index (χ2v) is 6.04. The van der Waals surface area contributed by atoms with E-state index in [2.05, 4.69) is 0 Å². The van der Waals surface area contributed by atoms with Crippen molar-refractivity contribution in [3.8, 4) is 0 Å². The summed E-state index contributed by atoms with van der Waals surface area (Å²) in [6.45, 7) is 0. The summed E-state index contributed by atoms with van der Waals surface area (Å²) in [6.07, 6.45) is 0. The molecule has 0 aliphatic rings. The highest BCUT2D eigenvalue weighted by molar-refractivity contribution is 8.45. The van der Waals surface area contributed by atoms with Crippen molar-refractivity contribution in [1.82, 2.24) is 0 Å². The maximum Gasteiger partial charge on any atom is 0.311 e. The van der Waals surface area contributed by atoms with Crippen LogP contribution in [0.3, 0.4) is 0 Å². The molecule has 1 rings (SSSR count). The van der Waals surface area contributed by atoms with E-state index in [1.54, 1.807) is 0 Å². The van der Waals surface area contributed by atoms with Crippen LogP contribution in [-0.2, 0) is 0 Å². The minimum absolute atomic E-state index is 0.0412. The van der Waals surface area contributed by atoms with Crippen molar-refractivity contribution >= 4 is 38.7 Å². The molecule has 0 N–H and O–H groups in total. The van der Waals surface area contributed by atoms with E-state index in [0.717, 1.165) is 0 Å². The van der Waals surface area contributed by atoms with Gasteiger partial charge in [0.15, 0.2) is 0 Å². The zero-order valence-corrected chi connectivity index (χ0v) is 9.52. The van der Waals surface area contributed by atoms with Crippen molar-refractivity contribution in [3.05, 3.63) is 28.8 Å². The normalized spacial score (nSPS) is 16.4. The molecule has 0 aromatic heterocycles. The Labute approximate surface area is 96.9 Å². The minimum atomic E-state index is -9.94. The van der Waals surface area contributed by atoms with Gasteiger partial charge in [0.1, 0.15) is 4.90 Å². The Morgan fingerprint density at radius 1 is 1.12 bits per heavy atom. The van der Waals surface area contributed by atoms with E-state index in [4.69, 9.17) is 23.2 Å². The van der Waals surface area contributed by atoms with E-state index >= 15 is 0 Å². The average Bonchev–Trinajstić information content (AvgIpc) is 1.98. The molecule has 0 heterocycles. The number of halogens is 7. The van der Waals surface area contributed by atoms with Crippen LogP contribution in [0.5, 0.6) is 0 Å². The van der Waals surface area contributed by atoms with Crippen molar-refractivity contribution < 1.29 is 24.2 Å². The molecule has 0 saturated heterocycles. The molecular formula is C7H3Cl2F5OS. The lowest BCUT2D eigenvalue weighted by atomic mass is 10.2. The van der Waals surface area contributed by atoms with Gasteiger partial charge < -0.3 is 0 Å². The topological polar surface area (TPSA) is 17.1 Å². The molecule has 92 valence electrons. The second kappa shape index (κ2) is 3.02. The summed E-state index contributed by atoms with van der Waals surface area (Å²) in [6, 6.07) is 1.10. The summed E-state index contributed by atoms with van der Waals surface area (Å²) in [7, 11) is -9.94. The molecule has 0 aliphatic heterocycles. The number of carbonyl (C=O) groups is 1. The summed E-state index contributed by atoms with van der Waals surface area (Å²) in [4.78, 5) is 8.31. The standard InChI is InChI=1S/C7H3Cl2F5OS/c8-4-1-2-6(5(3-4)7(9)15)16(10,11,12,13)14/h1-3H. The maximum absolute atomic E-state index is 12.4. The third kappa shape index (κ3) is 2.99. The number of benzene rings is 1. The van der Waals surface area contributed by atoms with Gasteiger partial charge in [0.25, 0.3) is 5.24 Å². The van der Waals surface area contributed by atoms with Gasteiger partial charge in [-0.15, -0.1) is 0 Å². The molecule has 0 bridgehead atoms. The molecule has 1 nitrogen and oxygen atoms in total. The van der Waals surface area contributed by atoms with Gasteiger partial charge in [-0.1, -0.05) is 31.0 Å². The molecule has 0 atom stereocenters. The van der Waals surface area contributed by atoms with Crippen LogP contribution in [0.2, 0.25) is 5.02 Å². The van der Waals surface area contributed by atoms with Gasteiger partial charge in [-0.05, 0) is 29.8 Å². The van der Waals surface area contributed by atoms with Crippen LogP contribution in [-0.4, -0.2) is 5.24 Å². The van der Waals surface area contributed by atoms with Crippen LogP contribution in [0.1, 0.15) is 10.4 Å². The van der Waals surface area contributed by atoms with E-state index in [1.165, 1.54) is 0 Å². The van der Waals surface area contributed by atoms with E-state index in [0.29, 0.717) is 12.1 Å². The van der Waals surface area contributed by atoms with Gasteiger partial charge in [0.05, 0.1) is 5.56 Å². The molecule has 0 fully saturated rings. The molecule has 0 unspecified atom stereocenters. The van der Waals surface area contributed by atoms with Crippen molar-refractivity contribution in [3.63, 3.8) is 0 Å². The second-order valence-electron chi connectivity index (χ2n) is 2.88. The Morgan fingerprint density at radius 3 is 2.00 bits per heavy atom. The van der Waals surface area contributed by atoms with Crippen LogP contribution in [0.25, 0.3) is 0 Å². The van der Waals surface area contributed by atoms with Crippen LogP contribution >= 0.6 is 33.4 Å². The lowest BCUT2D eigenvalue weighted by molar-refractivity contribution is 0.107. The number of rotatable bonds is 2. The van der Waals surface area contributed by atoms with Gasteiger partial charge >= 0.3 is 10.2 Å². The zero-order chi connectivity index (χ0) is 12.8. The Morgan fingerprint density at radius 2 is 1.62 bits per heavy atom. The average molecular weight is 301 g/mol. The highest BCUT2D eigenvalue weighted by atomic mass is 35.5. The largest absolute Gasteiger partial charge is 0.311 e. The van der Waals surface area contributed by atoms with Crippen LogP contribution in [0.4, 0.5) is 19.4 Å². The molecule has 0 amide bonds. The summed E-state index contributed by atoms with van der Waals surface area (Å²) in [5, 5.41) is -1.94. The molecule has 16 heavy (non-hydrogen) atoms. The van der Waals surface area contributed by atoms with Crippen molar-refractivity contribution in [2.24, 2.45) is 0 Å². The number of hydrogen-bond acceptors (Lipinski definition) is 1. The first-order valence-electron chi connectivity index (χ1n) is 3.55. The molecule has 1 aromatic rings. The fourth-order valence-corrected chi connectivity index (χ4v) is 2.27. The zero-order valence-electron chi connectivity index (χ0n) is 7.19. The van der Waals surface area contributed by atoms with Crippen molar-refractivity contribution in [1.29, 1.82) is 0 Å². The minimum Gasteiger partial charge on any atom is -0.276 e. The fraction of sp³-hybridized carbons (Fsp3) is 0. The Bertz CT molecular complexity index is 469. The molecule has 0 radical (unpaired) electrons. The van der Waals surface area contributed by atoms with E-state index < -0.39 is 25.9 Å². The van der Waals surface area contributed by atoms with E-state index in [1.807, 2.05) is 0 Å². The Kier molecular flexibility index (Phi) is 2.56. The van der Waals surface area contributed by atoms with Gasteiger partial charge in [0, 0.05) is 5.02 Å². The smallest absolute Gasteiger partial charge is 0.276 e. The van der Waals surface area contributed by atoms with Gasteiger partial charge in [-0.3, -0.25) is 4.79 Å². The summed E-state index contributed by atoms with van der Waals surface area (Å²) >= 11 is 10.1. The molecular weight excluding hydrogens is 298 g/mol. The maximum atomic E-state index is 12.4. The summed E-state index contributed by atoms with van der Waals surface area (Å²) < 4.78 is 62.2. The summed E-state index contributed by atoms with van der Waals surface area (Å²) in [5.41, 5.74) is -1.35. The highest BCUT2D eigenvalue weighted by Crippen LogP contribution is 3.02. The van der Waals surface area contributed by atoms with Crippen LogP contribution in [0, 0.1) is 0 Å². The SMILES string of the molecule is O=C(Cl)c1cc(Cl)ccc1S(F)(F)(F)(F)F. The summed E-state index contributed by atoms with van der Waals surface area (Å²) in [5.74, 6) is 0. The fourth-order valence-electron chi connectivity index (χ4n) is 0.992. The predicted molar refractivity (Wildman–Crippen MR) is 53.0 cm³/mol. The monoisotopic (exact) mass is 300 g/mol. The first-order chi connectivity index (χ1) is 6.81. The third-order valence-electron chi connectivity index (χ3n) is 1.57. The van der Waals surface area contributed by atoms with Gasteiger partial charge in [-0.25, -0.2) is 0 Å². The van der Waals surface area contributed by atoms with Crippen molar-refractivity contribution in [2.75, 3.05) is 0 Å². The molecule has 0 saturated carbocycles. The Hall–Kier alpha value is -0.530. The molecule has 0 aliphatic carbocycles. The lowest BCUT2D eigenvalue weighted by Crippen LogP contribution is -2.10. The first kappa shape index (κ1) is 13.5. The predicted octanol–water partition coefficient (Wildman–Crippen LogP) is 5.38. The quantitative estimate of drug-likeness (QED) is 0.529. The third-order valence-corrected chi connectivity index (χ3v) is 3.19. The molecule has 1 aromatic carbocycles. The lowest BCUT2D eigenvalue weighted by Gasteiger charge is -2.41. The molecule has 9 heteroatoms. The number of carbonyl (C=O) groups excluding carboxylic acids is 1. The van der Waals surface area contributed by atoms with Crippen LogP contribution in [0.15, 0.2) is 23.1 Å². The first-order valence-corrected chi connectivity index (χ1v) is 6.25. The van der Waals surface area contributed by atoms with Gasteiger partial charge in [0.2, 0.25) is 0 Å². The van der Waals surface area contributed by atoms with Crippen molar-refractivity contribution in [2.45, 2.75) is 4.90 Å². The highest BCUT2D eigenvalue weighted by Gasteiger charge is 2.66. The van der Waals surface area contributed by atoms with Gasteiger partial charge in [-0.2, -0.15) is 0 Å². The van der Waals surface area contributed by atoms with E-state index in [9.17, 15) is 24.2 Å². The molecule has 0 spiro atoms. The number of hydrogen-bond donors (Lipinski definition) is 0.